The van der Waals surface area contributed by atoms with Gasteiger partial charge in [0.2, 0.25) is 5.89 Å². The van der Waals surface area contributed by atoms with E-state index in [0.717, 1.165) is 19.5 Å². The molecule has 0 aliphatic carbocycles. The van der Waals surface area contributed by atoms with Gasteiger partial charge in [-0.05, 0) is 25.4 Å². The summed E-state index contributed by atoms with van der Waals surface area (Å²) in [5.41, 5.74) is 5.52. The first-order valence-corrected chi connectivity index (χ1v) is 5.31. The Labute approximate surface area is 95.8 Å². The van der Waals surface area contributed by atoms with Gasteiger partial charge in [-0.1, -0.05) is 5.16 Å². The van der Waals surface area contributed by atoms with Gasteiger partial charge in [0, 0.05) is 6.54 Å². The van der Waals surface area contributed by atoms with Crippen LogP contribution in [0.1, 0.15) is 18.1 Å². The average molecular weight is 250 g/mol. The van der Waals surface area contributed by atoms with Gasteiger partial charge in [0.15, 0.2) is 0 Å². The van der Waals surface area contributed by atoms with Gasteiger partial charge in [-0.2, -0.15) is 18.2 Å². The van der Waals surface area contributed by atoms with Crippen molar-refractivity contribution in [1.29, 1.82) is 0 Å². The summed E-state index contributed by atoms with van der Waals surface area (Å²) in [6.07, 6.45) is -3.59. The zero-order valence-corrected chi connectivity index (χ0v) is 9.07. The van der Waals surface area contributed by atoms with E-state index >= 15 is 0 Å². The lowest BCUT2D eigenvalue weighted by Crippen LogP contribution is -2.23. The van der Waals surface area contributed by atoms with E-state index in [2.05, 4.69) is 14.7 Å². The molecule has 2 heterocycles. The standard InChI is InChI=1S/C9H13F3N4O/c10-9(11,12)8-14-7(17-15-8)5-16-2-1-6(3-13)4-16/h6H,1-5,13H2. The molecule has 0 aromatic carbocycles. The second kappa shape index (κ2) is 4.61. The third-order valence-corrected chi connectivity index (χ3v) is 2.78. The minimum Gasteiger partial charge on any atom is -0.338 e. The topological polar surface area (TPSA) is 68.2 Å². The quantitative estimate of drug-likeness (QED) is 0.862. The van der Waals surface area contributed by atoms with Crippen LogP contribution in [-0.2, 0) is 12.7 Å². The number of nitrogens with two attached hydrogens (primary N) is 1. The minimum atomic E-state index is -4.55. The second-order valence-electron chi connectivity index (χ2n) is 4.14. The molecule has 1 atom stereocenters. The van der Waals surface area contributed by atoms with Gasteiger partial charge >= 0.3 is 6.18 Å². The Bertz CT molecular complexity index is 379. The van der Waals surface area contributed by atoms with Crippen LogP contribution in [0, 0.1) is 5.92 Å². The predicted molar refractivity (Wildman–Crippen MR) is 51.7 cm³/mol. The normalized spacial score (nSPS) is 22.2. The fourth-order valence-corrected chi connectivity index (χ4v) is 1.87. The highest BCUT2D eigenvalue weighted by atomic mass is 19.4. The van der Waals surface area contributed by atoms with Crippen LogP contribution in [0.5, 0.6) is 0 Å². The zero-order valence-electron chi connectivity index (χ0n) is 9.07. The lowest BCUT2D eigenvalue weighted by atomic mass is 10.1. The molecule has 1 aromatic rings. The van der Waals surface area contributed by atoms with Crippen molar-refractivity contribution >= 4 is 0 Å². The highest BCUT2D eigenvalue weighted by molar-refractivity contribution is 4.91. The van der Waals surface area contributed by atoms with Crippen molar-refractivity contribution in [1.82, 2.24) is 15.0 Å². The fourth-order valence-electron chi connectivity index (χ4n) is 1.87. The first-order chi connectivity index (χ1) is 7.99. The van der Waals surface area contributed by atoms with E-state index in [1.807, 2.05) is 4.90 Å². The number of hydrogen-bond donors (Lipinski definition) is 1. The van der Waals surface area contributed by atoms with E-state index in [1.165, 1.54) is 0 Å². The summed E-state index contributed by atoms with van der Waals surface area (Å²) in [4.78, 5) is 5.28. The van der Waals surface area contributed by atoms with Crippen LogP contribution >= 0.6 is 0 Å². The molecule has 0 saturated carbocycles. The predicted octanol–water partition coefficient (Wildman–Crippen LogP) is 0.869. The Morgan fingerprint density at radius 3 is 2.76 bits per heavy atom. The van der Waals surface area contributed by atoms with Gasteiger partial charge in [-0.3, -0.25) is 4.90 Å². The minimum absolute atomic E-state index is 0.00463. The van der Waals surface area contributed by atoms with Crippen LogP contribution in [0.25, 0.3) is 0 Å². The molecule has 1 aliphatic heterocycles. The maximum atomic E-state index is 12.2. The molecule has 96 valence electrons. The third kappa shape index (κ3) is 2.95. The molecular formula is C9H13F3N4O. The van der Waals surface area contributed by atoms with Crippen molar-refractivity contribution in [3.8, 4) is 0 Å². The van der Waals surface area contributed by atoms with Gasteiger partial charge in [0.25, 0.3) is 5.82 Å². The number of alkyl halides is 3. The monoisotopic (exact) mass is 250 g/mol. The first kappa shape index (κ1) is 12.3. The smallest absolute Gasteiger partial charge is 0.338 e. The summed E-state index contributed by atoms with van der Waals surface area (Å²) in [5.74, 6) is -0.822. The van der Waals surface area contributed by atoms with Crippen molar-refractivity contribution in [3.05, 3.63) is 11.7 Å². The summed E-state index contributed by atoms with van der Waals surface area (Å²) < 4.78 is 41.2. The number of halogens is 3. The van der Waals surface area contributed by atoms with Crippen LogP contribution < -0.4 is 5.73 Å². The Morgan fingerprint density at radius 2 is 2.24 bits per heavy atom. The molecule has 0 radical (unpaired) electrons. The number of likely N-dealkylation sites (tertiary alicyclic amines) is 1. The summed E-state index contributed by atoms with van der Waals surface area (Å²) in [6.45, 7) is 2.40. The van der Waals surface area contributed by atoms with Crippen molar-refractivity contribution < 1.29 is 17.7 Å². The molecular weight excluding hydrogens is 237 g/mol. The Morgan fingerprint density at radius 1 is 1.47 bits per heavy atom. The SMILES string of the molecule is NCC1CCN(Cc2nc(C(F)(F)F)no2)C1. The Kier molecular flexibility index (Phi) is 3.34. The molecule has 1 unspecified atom stereocenters. The van der Waals surface area contributed by atoms with E-state index in [4.69, 9.17) is 5.73 Å². The molecule has 0 bridgehead atoms. The molecule has 0 spiro atoms. The molecule has 2 rings (SSSR count). The largest absolute Gasteiger partial charge is 0.455 e. The van der Waals surface area contributed by atoms with E-state index in [1.54, 1.807) is 0 Å². The van der Waals surface area contributed by atoms with Crippen LogP contribution in [0.15, 0.2) is 4.52 Å². The summed E-state index contributed by atoms with van der Waals surface area (Å²) in [5, 5.41) is 2.91. The summed E-state index contributed by atoms with van der Waals surface area (Å²) in [7, 11) is 0. The number of aromatic nitrogens is 2. The first-order valence-electron chi connectivity index (χ1n) is 5.31. The van der Waals surface area contributed by atoms with Gasteiger partial charge in [0.1, 0.15) is 0 Å². The van der Waals surface area contributed by atoms with Gasteiger partial charge in [-0.15, -0.1) is 0 Å². The molecule has 1 aromatic heterocycles. The summed E-state index contributed by atoms with van der Waals surface area (Å²) >= 11 is 0. The molecule has 0 amide bonds. The molecule has 1 fully saturated rings. The van der Waals surface area contributed by atoms with E-state index in [9.17, 15) is 13.2 Å². The van der Waals surface area contributed by atoms with Crippen molar-refractivity contribution in [2.75, 3.05) is 19.6 Å². The molecule has 1 aliphatic rings. The maximum Gasteiger partial charge on any atom is 0.455 e. The summed E-state index contributed by atoms with van der Waals surface area (Å²) in [6, 6.07) is 0. The lowest BCUT2D eigenvalue weighted by Gasteiger charge is -2.12. The molecule has 8 heteroatoms. The number of rotatable bonds is 3. The zero-order chi connectivity index (χ0) is 12.5. The highest BCUT2D eigenvalue weighted by Crippen LogP contribution is 2.26. The van der Waals surface area contributed by atoms with Gasteiger partial charge in [0.05, 0.1) is 6.54 Å². The maximum absolute atomic E-state index is 12.2. The van der Waals surface area contributed by atoms with E-state index < -0.39 is 12.0 Å². The van der Waals surface area contributed by atoms with Gasteiger partial charge in [-0.25, -0.2) is 0 Å². The van der Waals surface area contributed by atoms with Crippen LogP contribution in [-0.4, -0.2) is 34.7 Å². The van der Waals surface area contributed by atoms with Crippen LogP contribution in [0.3, 0.4) is 0 Å². The van der Waals surface area contributed by atoms with Crippen molar-refractivity contribution in [2.24, 2.45) is 11.7 Å². The molecule has 17 heavy (non-hydrogen) atoms. The molecule has 1 saturated heterocycles. The number of hydrogen-bond acceptors (Lipinski definition) is 5. The Hall–Kier alpha value is -1.15. The van der Waals surface area contributed by atoms with E-state index in [0.29, 0.717) is 12.5 Å². The fraction of sp³-hybridized carbons (Fsp3) is 0.778. The lowest BCUT2D eigenvalue weighted by molar-refractivity contribution is -0.146. The van der Waals surface area contributed by atoms with Crippen LogP contribution in [0.4, 0.5) is 13.2 Å². The number of nitrogens with zero attached hydrogens (tertiary/aromatic N) is 3. The second-order valence-corrected chi connectivity index (χ2v) is 4.14. The molecule has 5 nitrogen and oxygen atoms in total. The van der Waals surface area contributed by atoms with Crippen LogP contribution in [0.2, 0.25) is 0 Å². The Balaban J connectivity index is 1.94. The van der Waals surface area contributed by atoms with Gasteiger partial charge < -0.3 is 10.3 Å². The van der Waals surface area contributed by atoms with E-state index in [-0.39, 0.29) is 12.4 Å². The molecule has 2 N–H and O–H groups in total. The van der Waals surface area contributed by atoms with Crippen molar-refractivity contribution in [3.63, 3.8) is 0 Å². The third-order valence-electron chi connectivity index (χ3n) is 2.78. The average Bonchev–Trinajstić information content (AvgIpc) is 2.86. The van der Waals surface area contributed by atoms with Crippen molar-refractivity contribution in [2.45, 2.75) is 19.1 Å². The highest BCUT2D eigenvalue weighted by Gasteiger charge is 2.37.